The van der Waals surface area contributed by atoms with Gasteiger partial charge in [0.15, 0.2) is 10.9 Å². The van der Waals surface area contributed by atoms with E-state index >= 15 is 0 Å². The zero-order valence-electron chi connectivity index (χ0n) is 14.4. The summed E-state index contributed by atoms with van der Waals surface area (Å²) in [5, 5.41) is 6.49. The third-order valence-corrected chi connectivity index (χ3v) is 4.33. The normalized spacial score (nSPS) is 10.2. The number of hydrogen-bond donors (Lipinski definition) is 2. The molecule has 0 saturated carbocycles. The van der Waals surface area contributed by atoms with Crippen LogP contribution in [0.4, 0.5) is 5.82 Å². The highest BCUT2D eigenvalue weighted by molar-refractivity contribution is 7.80. The van der Waals surface area contributed by atoms with Crippen LogP contribution in [-0.2, 0) is 6.61 Å². The monoisotopic (exact) mass is 432 g/mol. The lowest BCUT2D eigenvalue weighted by Gasteiger charge is -2.13. The SMILES string of the molecule is O=C(NC(=S)Nc1nccnc1OCc1ccc(Cl)cc1Cl)c1ccccc1. The zero-order valence-corrected chi connectivity index (χ0v) is 16.7. The molecule has 0 fully saturated rings. The molecule has 142 valence electrons. The van der Waals surface area contributed by atoms with Crippen molar-refractivity contribution in [3.05, 3.63) is 82.1 Å². The van der Waals surface area contributed by atoms with Crippen molar-refractivity contribution in [1.29, 1.82) is 0 Å². The second-order valence-electron chi connectivity index (χ2n) is 5.51. The lowest BCUT2D eigenvalue weighted by molar-refractivity contribution is 0.0977. The molecule has 3 rings (SSSR count). The summed E-state index contributed by atoms with van der Waals surface area (Å²) in [7, 11) is 0. The van der Waals surface area contributed by atoms with Gasteiger partial charge in [-0.2, -0.15) is 0 Å². The molecule has 6 nitrogen and oxygen atoms in total. The predicted molar refractivity (Wildman–Crippen MR) is 113 cm³/mol. The van der Waals surface area contributed by atoms with Crippen LogP contribution in [0, 0.1) is 0 Å². The number of carbonyl (C=O) groups excluding carboxylic acids is 1. The highest BCUT2D eigenvalue weighted by Crippen LogP contribution is 2.24. The molecule has 0 aliphatic heterocycles. The molecule has 0 atom stereocenters. The number of aromatic nitrogens is 2. The molecule has 0 aliphatic rings. The van der Waals surface area contributed by atoms with Gasteiger partial charge in [0.2, 0.25) is 0 Å². The van der Waals surface area contributed by atoms with E-state index in [-0.39, 0.29) is 29.3 Å². The average Bonchev–Trinajstić information content (AvgIpc) is 2.69. The van der Waals surface area contributed by atoms with Crippen molar-refractivity contribution in [3.63, 3.8) is 0 Å². The molecule has 0 saturated heterocycles. The van der Waals surface area contributed by atoms with Crippen LogP contribution in [0.25, 0.3) is 0 Å². The smallest absolute Gasteiger partial charge is 0.258 e. The fourth-order valence-electron chi connectivity index (χ4n) is 2.21. The number of benzene rings is 2. The molecule has 0 aliphatic carbocycles. The summed E-state index contributed by atoms with van der Waals surface area (Å²) in [6.07, 6.45) is 2.96. The molecule has 0 bridgehead atoms. The highest BCUT2D eigenvalue weighted by atomic mass is 35.5. The molecule has 0 unspecified atom stereocenters. The molecule has 3 aromatic rings. The first-order valence-corrected chi connectivity index (χ1v) is 9.24. The van der Waals surface area contributed by atoms with E-state index in [0.717, 1.165) is 5.56 Å². The summed E-state index contributed by atoms with van der Waals surface area (Å²) in [6.45, 7) is 0.159. The van der Waals surface area contributed by atoms with Gasteiger partial charge < -0.3 is 10.1 Å². The third kappa shape index (κ3) is 5.39. The van der Waals surface area contributed by atoms with Crippen molar-refractivity contribution in [3.8, 4) is 5.88 Å². The topological polar surface area (TPSA) is 76.1 Å². The van der Waals surface area contributed by atoms with E-state index in [0.29, 0.717) is 15.6 Å². The van der Waals surface area contributed by atoms with Crippen LogP contribution in [0.5, 0.6) is 5.88 Å². The molecule has 1 heterocycles. The predicted octanol–water partition coefficient (Wildman–Crippen LogP) is 4.49. The summed E-state index contributed by atoms with van der Waals surface area (Å²) in [5.74, 6) is 0.146. The summed E-state index contributed by atoms with van der Waals surface area (Å²) in [4.78, 5) is 20.5. The lowest BCUT2D eigenvalue weighted by atomic mass is 10.2. The van der Waals surface area contributed by atoms with Crippen molar-refractivity contribution in [2.75, 3.05) is 5.32 Å². The van der Waals surface area contributed by atoms with E-state index in [4.69, 9.17) is 40.2 Å². The second-order valence-corrected chi connectivity index (χ2v) is 6.76. The number of amides is 1. The molecule has 28 heavy (non-hydrogen) atoms. The van der Waals surface area contributed by atoms with E-state index in [1.807, 2.05) is 6.07 Å². The Kier molecular flexibility index (Phi) is 6.76. The van der Waals surface area contributed by atoms with Gasteiger partial charge in [0.05, 0.1) is 0 Å². The van der Waals surface area contributed by atoms with Crippen LogP contribution < -0.4 is 15.4 Å². The highest BCUT2D eigenvalue weighted by Gasteiger charge is 2.12. The van der Waals surface area contributed by atoms with Crippen LogP contribution in [0.2, 0.25) is 10.0 Å². The Morgan fingerprint density at radius 1 is 1.07 bits per heavy atom. The number of halogens is 2. The Morgan fingerprint density at radius 3 is 2.57 bits per heavy atom. The van der Waals surface area contributed by atoms with E-state index in [1.165, 1.54) is 12.4 Å². The largest absolute Gasteiger partial charge is 0.470 e. The fraction of sp³-hybridized carbons (Fsp3) is 0.0526. The Hall–Kier alpha value is -2.74. The zero-order chi connectivity index (χ0) is 19.9. The van der Waals surface area contributed by atoms with Gasteiger partial charge in [-0.15, -0.1) is 0 Å². The molecule has 1 amide bonds. The number of rotatable bonds is 5. The first-order chi connectivity index (χ1) is 13.5. The Labute approximate surface area is 176 Å². The van der Waals surface area contributed by atoms with Gasteiger partial charge in [0.1, 0.15) is 6.61 Å². The van der Waals surface area contributed by atoms with Gasteiger partial charge >= 0.3 is 0 Å². The quantitative estimate of drug-likeness (QED) is 0.578. The Balaban J connectivity index is 1.65. The number of nitrogens with zero attached hydrogens (tertiary/aromatic N) is 2. The minimum atomic E-state index is -0.336. The Morgan fingerprint density at radius 2 is 1.82 bits per heavy atom. The average molecular weight is 433 g/mol. The molecule has 9 heteroatoms. The molecular formula is C19H14Cl2N4O2S. The lowest BCUT2D eigenvalue weighted by Crippen LogP contribution is -2.34. The number of nitrogens with one attached hydrogen (secondary N) is 2. The van der Waals surface area contributed by atoms with Crippen molar-refractivity contribution >= 4 is 52.3 Å². The molecule has 0 radical (unpaired) electrons. The van der Waals surface area contributed by atoms with Gasteiger partial charge in [-0.3, -0.25) is 10.1 Å². The maximum atomic E-state index is 12.2. The van der Waals surface area contributed by atoms with Crippen LogP contribution in [-0.4, -0.2) is 21.0 Å². The maximum absolute atomic E-state index is 12.2. The van der Waals surface area contributed by atoms with Crippen molar-refractivity contribution < 1.29 is 9.53 Å². The third-order valence-electron chi connectivity index (χ3n) is 3.54. The molecule has 2 N–H and O–H groups in total. The Bertz CT molecular complexity index is 1000. The fourth-order valence-corrected chi connectivity index (χ4v) is 2.86. The number of ether oxygens (including phenoxy) is 1. The van der Waals surface area contributed by atoms with Crippen molar-refractivity contribution in [2.24, 2.45) is 0 Å². The molecule has 2 aromatic carbocycles. The first-order valence-electron chi connectivity index (χ1n) is 8.08. The van der Waals surface area contributed by atoms with Crippen molar-refractivity contribution in [2.45, 2.75) is 6.61 Å². The minimum absolute atomic E-state index is 0.0729. The summed E-state index contributed by atoms with van der Waals surface area (Å²) >= 11 is 17.2. The van der Waals surface area contributed by atoms with E-state index in [9.17, 15) is 4.79 Å². The van der Waals surface area contributed by atoms with E-state index in [1.54, 1.807) is 42.5 Å². The van der Waals surface area contributed by atoms with Crippen molar-refractivity contribution in [1.82, 2.24) is 15.3 Å². The molecule has 1 aromatic heterocycles. The first kappa shape index (κ1) is 20.0. The van der Waals surface area contributed by atoms with E-state index in [2.05, 4.69) is 20.6 Å². The summed E-state index contributed by atoms with van der Waals surface area (Å²) in [6, 6.07) is 13.8. The van der Waals surface area contributed by atoms with Crippen LogP contribution >= 0.6 is 35.4 Å². The standard InChI is InChI=1S/C19H14Cl2N4O2S/c20-14-7-6-13(15(21)10-14)11-27-18-16(22-8-9-23-18)24-19(28)25-17(26)12-4-2-1-3-5-12/h1-10H,11H2,(H2,22,24,25,26,28). The number of hydrogen-bond acceptors (Lipinski definition) is 5. The van der Waals surface area contributed by atoms with Gasteiger partial charge in [-0.05, 0) is 36.5 Å². The summed E-state index contributed by atoms with van der Waals surface area (Å²) < 4.78 is 5.70. The van der Waals surface area contributed by atoms with E-state index < -0.39 is 0 Å². The van der Waals surface area contributed by atoms with Crippen LogP contribution in [0.3, 0.4) is 0 Å². The molecular weight excluding hydrogens is 419 g/mol. The number of carbonyl (C=O) groups is 1. The van der Waals surface area contributed by atoms with Crippen LogP contribution in [0.15, 0.2) is 60.9 Å². The maximum Gasteiger partial charge on any atom is 0.258 e. The van der Waals surface area contributed by atoms with Crippen LogP contribution in [0.1, 0.15) is 15.9 Å². The van der Waals surface area contributed by atoms with Gasteiger partial charge in [0.25, 0.3) is 11.8 Å². The van der Waals surface area contributed by atoms with Gasteiger partial charge in [-0.25, -0.2) is 9.97 Å². The van der Waals surface area contributed by atoms with Gasteiger partial charge in [0, 0.05) is 33.6 Å². The number of anilines is 1. The summed E-state index contributed by atoms with van der Waals surface area (Å²) in [5.41, 5.74) is 1.22. The number of thiocarbonyl (C=S) groups is 1. The molecule has 0 spiro atoms. The second kappa shape index (κ2) is 9.45. The minimum Gasteiger partial charge on any atom is -0.470 e. The van der Waals surface area contributed by atoms with Gasteiger partial charge in [-0.1, -0.05) is 47.5 Å².